The molecule has 1 aromatic carbocycles. The summed E-state index contributed by atoms with van der Waals surface area (Å²) < 4.78 is 0. The number of amides is 2. The molecule has 0 aliphatic carbocycles. The van der Waals surface area contributed by atoms with Gasteiger partial charge in [-0.1, -0.05) is 30.3 Å². The second-order valence-corrected chi connectivity index (χ2v) is 8.30. The van der Waals surface area contributed by atoms with Gasteiger partial charge in [-0.15, -0.1) is 0 Å². The van der Waals surface area contributed by atoms with E-state index in [9.17, 15) is 4.79 Å². The lowest BCUT2D eigenvalue weighted by molar-refractivity contribution is 0.151. The van der Waals surface area contributed by atoms with Crippen molar-refractivity contribution in [1.29, 1.82) is 0 Å². The molecule has 6 nitrogen and oxygen atoms in total. The number of hydrogen-bond donors (Lipinski definition) is 1. The Morgan fingerprint density at radius 2 is 1.96 bits per heavy atom. The second-order valence-electron chi connectivity index (χ2n) is 8.30. The van der Waals surface area contributed by atoms with Crippen LogP contribution in [0.4, 0.5) is 10.6 Å². The molecule has 2 saturated heterocycles. The van der Waals surface area contributed by atoms with Crippen LogP contribution in [0, 0.1) is 18.8 Å². The maximum absolute atomic E-state index is 12.9. The normalized spacial score (nSPS) is 24.4. The van der Waals surface area contributed by atoms with Crippen LogP contribution in [-0.2, 0) is 6.54 Å². The van der Waals surface area contributed by atoms with Gasteiger partial charge in [0.05, 0.1) is 6.04 Å². The van der Waals surface area contributed by atoms with Crippen LogP contribution in [0.1, 0.15) is 22.7 Å². The van der Waals surface area contributed by atoms with E-state index in [1.54, 1.807) is 11.1 Å². The highest BCUT2D eigenvalue weighted by Gasteiger charge is 2.49. The van der Waals surface area contributed by atoms with Gasteiger partial charge in [0.25, 0.3) is 0 Å². The number of anilines is 1. The largest absolute Gasteiger partial charge is 0.383 e. The van der Waals surface area contributed by atoms with Crippen molar-refractivity contribution < 1.29 is 4.79 Å². The number of pyridine rings is 1. The molecule has 2 aliphatic heterocycles. The fraction of sp³-hybridized carbons (Fsp3) is 0.455. The van der Waals surface area contributed by atoms with Crippen LogP contribution in [0.3, 0.4) is 0 Å². The number of nitrogen functional groups attached to an aromatic ring is 1. The molecule has 0 unspecified atom stereocenters. The minimum Gasteiger partial charge on any atom is -0.383 e. The number of hydrogen-bond acceptors (Lipinski definition) is 4. The summed E-state index contributed by atoms with van der Waals surface area (Å²) in [5.41, 5.74) is 9.65. The molecule has 0 bridgehead atoms. The third-order valence-corrected chi connectivity index (χ3v) is 6.20. The van der Waals surface area contributed by atoms with E-state index in [0.29, 0.717) is 17.7 Å². The Labute approximate surface area is 166 Å². The van der Waals surface area contributed by atoms with E-state index in [1.807, 2.05) is 20.2 Å². The first-order chi connectivity index (χ1) is 13.5. The molecule has 0 radical (unpaired) electrons. The number of carbonyl (C=O) groups is 1. The van der Waals surface area contributed by atoms with Crippen molar-refractivity contribution >= 4 is 11.8 Å². The molecule has 2 aliphatic rings. The maximum Gasteiger partial charge on any atom is 0.320 e. The first-order valence-electron chi connectivity index (χ1n) is 9.91. The summed E-state index contributed by atoms with van der Waals surface area (Å²) in [4.78, 5) is 23.4. The number of nitrogens with two attached hydrogens (primary N) is 1. The van der Waals surface area contributed by atoms with Gasteiger partial charge in [0.15, 0.2) is 0 Å². The van der Waals surface area contributed by atoms with Gasteiger partial charge in [-0.25, -0.2) is 9.78 Å². The van der Waals surface area contributed by atoms with Gasteiger partial charge in [0.1, 0.15) is 5.82 Å². The number of aryl methyl sites for hydroxylation is 1. The zero-order valence-corrected chi connectivity index (χ0v) is 16.9. The number of rotatable bonds is 3. The lowest BCUT2D eigenvalue weighted by atomic mass is 9.88. The summed E-state index contributed by atoms with van der Waals surface area (Å²) in [6.45, 7) is 5.71. The van der Waals surface area contributed by atoms with Gasteiger partial charge in [0.2, 0.25) is 0 Å². The van der Waals surface area contributed by atoms with Crippen LogP contribution in [0.5, 0.6) is 0 Å². The number of nitrogens with zero attached hydrogens (tertiary/aromatic N) is 4. The Kier molecular flexibility index (Phi) is 4.98. The molecule has 3 atom stereocenters. The molecule has 2 N–H and O–H groups in total. The highest BCUT2D eigenvalue weighted by atomic mass is 16.2. The van der Waals surface area contributed by atoms with E-state index in [-0.39, 0.29) is 12.1 Å². The van der Waals surface area contributed by atoms with Gasteiger partial charge in [-0.05, 0) is 30.0 Å². The van der Waals surface area contributed by atoms with Crippen LogP contribution >= 0.6 is 0 Å². The lowest BCUT2D eigenvalue weighted by Crippen LogP contribution is -2.41. The topological polar surface area (TPSA) is 65.7 Å². The monoisotopic (exact) mass is 379 g/mol. The quantitative estimate of drug-likeness (QED) is 0.891. The Balaban J connectivity index is 1.60. The van der Waals surface area contributed by atoms with E-state index in [1.165, 1.54) is 11.1 Å². The standard InChI is InChI=1S/C22H29N5O/c1-15-7-4-5-9-18(15)20-19-14-26(11-16-8-6-10-24-21(16)23)12-17(19)13-27(20)22(28)25(2)3/h4-10,17,19-20H,11-14H2,1-3H3,(H2,23,24)/t17-,19-,20+/m1/s1. The fourth-order valence-electron chi connectivity index (χ4n) is 4.86. The summed E-state index contributed by atoms with van der Waals surface area (Å²) >= 11 is 0. The Morgan fingerprint density at radius 3 is 2.68 bits per heavy atom. The van der Waals surface area contributed by atoms with E-state index in [4.69, 9.17) is 5.73 Å². The molecule has 2 amide bonds. The van der Waals surface area contributed by atoms with Crippen LogP contribution in [0.2, 0.25) is 0 Å². The molecular formula is C22H29N5O. The van der Waals surface area contributed by atoms with Crippen LogP contribution in [0.15, 0.2) is 42.6 Å². The maximum atomic E-state index is 12.9. The van der Waals surface area contributed by atoms with E-state index in [0.717, 1.165) is 31.7 Å². The molecule has 1 aromatic heterocycles. The van der Waals surface area contributed by atoms with E-state index in [2.05, 4.69) is 52.0 Å². The third kappa shape index (κ3) is 3.33. The zero-order chi connectivity index (χ0) is 19.8. The average Bonchev–Trinajstić information content (AvgIpc) is 3.20. The average molecular weight is 380 g/mol. The van der Waals surface area contributed by atoms with Gasteiger partial charge < -0.3 is 15.5 Å². The molecular weight excluding hydrogens is 350 g/mol. The smallest absolute Gasteiger partial charge is 0.320 e. The fourth-order valence-corrected chi connectivity index (χ4v) is 4.86. The SMILES string of the molecule is Cc1ccccc1[C@H]1[C@@H]2CN(Cc3cccnc3N)C[C@@H]2CN1C(=O)N(C)C. The third-order valence-electron chi connectivity index (χ3n) is 6.20. The van der Waals surface area contributed by atoms with Gasteiger partial charge in [-0.3, -0.25) is 4.90 Å². The molecule has 2 fully saturated rings. The van der Waals surface area contributed by atoms with Crippen LogP contribution in [0.25, 0.3) is 0 Å². The van der Waals surface area contributed by atoms with Crippen LogP contribution < -0.4 is 5.73 Å². The minimum atomic E-state index is 0.103. The molecule has 6 heteroatoms. The Bertz CT molecular complexity index is 868. The van der Waals surface area contributed by atoms with E-state index >= 15 is 0 Å². The molecule has 2 aromatic rings. The highest BCUT2D eigenvalue weighted by Crippen LogP contribution is 2.46. The summed E-state index contributed by atoms with van der Waals surface area (Å²) in [5, 5.41) is 0. The number of likely N-dealkylation sites (tertiary alicyclic amines) is 2. The van der Waals surface area contributed by atoms with E-state index < -0.39 is 0 Å². The predicted molar refractivity (Wildman–Crippen MR) is 111 cm³/mol. The van der Waals surface area contributed by atoms with Crippen molar-refractivity contribution in [2.45, 2.75) is 19.5 Å². The molecule has 0 saturated carbocycles. The number of urea groups is 1. The number of fused-ring (bicyclic) bond motifs is 1. The number of benzene rings is 1. The van der Waals surface area contributed by atoms with Crippen molar-refractivity contribution in [3.8, 4) is 0 Å². The van der Waals surface area contributed by atoms with Crippen molar-refractivity contribution in [2.24, 2.45) is 11.8 Å². The zero-order valence-electron chi connectivity index (χ0n) is 16.9. The van der Waals surface area contributed by atoms with Gasteiger partial charge in [-0.2, -0.15) is 0 Å². The van der Waals surface area contributed by atoms with Crippen molar-refractivity contribution in [3.05, 3.63) is 59.3 Å². The molecule has 4 rings (SSSR count). The molecule has 28 heavy (non-hydrogen) atoms. The highest BCUT2D eigenvalue weighted by molar-refractivity contribution is 5.75. The predicted octanol–water partition coefficient (Wildman–Crippen LogP) is 2.76. The van der Waals surface area contributed by atoms with Gasteiger partial charge >= 0.3 is 6.03 Å². The summed E-state index contributed by atoms with van der Waals surface area (Å²) in [5.74, 6) is 1.52. The second kappa shape index (κ2) is 7.43. The van der Waals surface area contributed by atoms with Crippen LogP contribution in [-0.4, -0.2) is 59.4 Å². The molecule has 3 heterocycles. The Morgan fingerprint density at radius 1 is 1.18 bits per heavy atom. The summed E-state index contributed by atoms with van der Waals surface area (Å²) in [6.07, 6.45) is 1.73. The van der Waals surface area contributed by atoms with Gasteiger partial charge in [0, 0.05) is 58.0 Å². The number of carbonyl (C=O) groups excluding carboxylic acids is 1. The Hall–Kier alpha value is -2.60. The number of aromatic nitrogens is 1. The van der Waals surface area contributed by atoms with Crippen molar-refractivity contribution in [2.75, 3.05) is 39.5 Å². The molecule has 0 spiro atoms. The lowest BCUT2D eigenvalue weighted by Gasteiger charge is -2.32. The first kappa shape index (κ1) is 18.7. The van der Waals surface area contributed by atoms with Crippen molar-refractivity contribution in [1.82, 2.24) is 19.7 Å². The first-order valence-corrected chi connectivity index (χ1v) is 9.91. The summed E-state index contributed by atoms with van der Waals surface area (Å²) in [6, 6.07) is 12.7. The van der Waals surface area contributed by atoms with Crippen molar-refractivity contribution in [3.63, 3.8) is 0 Å². The molecule has 148 valence electrons. The minimum absolute atomic E-state index is 0.103. The summed E-state index contributed by atoms with van der Waals surface area (Å²) in [7, 11) is 3.67.